The molecule has 1 aliphatic heterocycles. The molecule has 0 unspecified atom stereocenters. The molecule has 2 heterocycles. The number of alkyl halides is 3. The predicted octanol–water partition coefficient (Wildman–Crippen LogP) is 4.46. The molecule has 3 aromatic rings. The van der Waals surface area contributed by atoms with Gasteiger partial charge in [0, 0.05) is 30.1 Å². The number of morpholine rings is 1. The summed E-state index contributed by atoms with van der Waals surface area (Å²) in [6.45, 7) is 3.46. The fourth-order valence-corrected chi connectivity index (χ4v) is 5.17. The van der Waals surface area contributed by atoms with Crippen molar-refractivity contribution < 1.29 is 44.6 Å². The molecule has 9 nitrogen and oxygen atoms in total. The molecule has 15 heteroatoms. The minimum absolute atomic E-state index is 0.0194. The maximum absolute atomic E-state index is 14.8. The summed E-state index contributed by atoms with van der Waals surface area (Å²) in [4.78, 5) is 8.68. The van der Waals surface area contributed by atoms with Crippen LogP contribution in [0.3, 0.4) is 0 Å². The second kappa shape index (κ2) is 11.3. The van der Waals surface area contributed by atoms with Crippen molar-refractivity contribution in [3.63, 3.8) is 0 Å². The Kier molecular flexibility index (Phi) is 8.38. The molecule has 0 radical (unpaired) electrons. The zero-order valence-electron chi connectivity index (χ0n) is 22.0. The molecule has 0 spiro atoms. The number of sulfonamides is 1. The molecular formula is C25H27F5N4O5S. The summed E-state index contributed by atoms with van der Waals surface area (Å²) < 4.78 is 111. The molecule has 1 saturated heterocycles. The van der Waals surface area contributed by atoms with E-state index in [9.17, 15) is 30.4 Å². The van der Waals surface area contributed by atoms with Crippen LogP contribution in [0.4, 0.5) is 27.8 Å². The van der Waals surface area contributed by atoms with Gasteiger partial charge >= 0.3 is 6.18 Å². The number of hydrogen-bond donors (Lipinski definition) is 1. The highest BCUT2D eigenvalue weighted by atomic mass is 32.2. The number of nitrogens with zero attached hydrogens (tertiary/aromatic N) is 3. The van der Waals surface area contributed by atoms with Crippen LogP contribution >= 0.6 is 0 Å². The minimum Gasteiger partial charge on any atom is -0.493 e. The summed E-state index contributed by atoms with van der Waals surface area (Å²) in [5, 5.41) is 3.23. The van der Waals surface area contributed by atoms with Gasteiger partial charge in [0.15, 0.2) is 11.5 Å². The van der Waals surface area contributed by atoms with Gasteiger partial charge < -0.3 is 19.5 Å². The lowest BCUT2D eigenvalue weighted by Gasteiger charge is -2.31. The molecular weight excluding hydrogens is 563 g/mol. The van der Waals surface area contributed by atoms with Crippen molar-refractivity contribution in [2.24, 2.45) is 0 Å². The predicted molar refractivity (Wildman–Crippen MR) is 136 cm³/mol. The fraction of sp³-hybridized carbons (Fsp3) is 0.440. The van der Waals surface area contributed by atoms with Gasteiger partial charge in [-0.15, -0.1) is 0 Å². The van der Waals surface area contributed by atoms with Crippen LogP contribution in [-0.4, -0.2) is 68.5 Å². The number of benzene rings is 2. The number of hydrogen-bond acceptors (Lipinski definition) is 8. The monoisotopic (exact) mass is 590 g/mol. The van der Waals surface area contributed by atoms with Crippen LogP contribution in [0.15, 0.2) is 24.3 Å². The van der Waals surface area contributed by atoms with Gasteiger partial charge in [-0.1, -0.05) is 0 Å². The van der Waals surface area contributed by atoms with E-state index in [1.165, 1.54) is 24.4 Å². The highest BCUT2D eigenvalue weighted by molar-refractivity contribution is 7.88. The van der Waals surface area contributed by atoms with Crippen LogP contribution in [0.25, 0.3) is 10.9 Å². The van der Waals surface area contributed by atoms with Crippen LogP contribution in [0.5, 0.6) is 11.5 Å². The van der Waals surface area contributed by atoms with Crippen molar-refractivity contribution in [1.29, 1.82) is 0 Å². The van der Waals surface area contributed by atoms with E-state index in [0.29, 0.717) is 28.5 Å². The summed E-state index contributed by atoms with van der Waals surface area (Å²) in [7, 11) is -2.00. The topological polar surface area (TPSA) is 103 Å². The molecule has 2 aromatic carbocycles. The van der Waals surface area contributed by atoms with Gasteiger partial charge in [0.1, 0.15) is 36.0 Å². The number of rotatable bonds is 8. The Balaban J connectivity index is 1.65. The number of ether oxygens (including phenoxy) is 3. The summed E-state index contributed by atoms with van der Waals surface area (Å²) in [5.74, 6) is -1.87. The zero-order valence-corrected chi connectivity index (χ0v) is 22.8. The Hall–Kier alpha value is -3.30. The molecule has 1 aromatic heterocycles. The smallest absolute Gasteiger partial charge is 0.419 e. The molecule has 1 fully saturated rings. The Morgan fingerprint density at radius 3 is 2.55 bits per heavy atom. The molecule has 1 N–H and O–H groups in total. The van der Waals surface area contributed by atoms with Crippen LogP contribution < -0.4 is 14.8 Å². The molecule has 2 atom stereocenters. The Bertz CT molecular complexity index is 1520. The van der Waals surface area contributed by atoms with Crippen LogP contribution in [0, 0.1) is 18.6 Å². The van der Waals surface area contributed by atoms with Crippen molar-refractivity contribution in [3.05, 3.63) is 52.9 Å². The van der Waals surface area contributed by atoms with Crippen molar-refractivity contribution >= 4 is 26.7 Å². The molecule has 0 amide bonds. The molecule has 1 aliphatic rings. The first-order chi connectivity index (χ1) is 18.7. The molecule has 0 bridgehead atoms. The Morgan fingerprint density at radius 2 is 1.90 bits per heavy atom. The Labute approximate surface area is 227 Å². The third-order valence-electron chi connectivity index (χ3n) is 6.28. The van der Waals surface area contributed by atoms with Gasteiger partial charge in [0.05, 0.1) is 37.1 Å². The van der Waals surface area contributed by atoms with E-state index in [1.54, 1.807) is 13.0 Å². The number of methoxy groups -OCH3 is 1. The minimum atomic E-state index is -5.08. The van der Waals surface area contributed by atoms with E-state index in [2.05, 4.69) is 15.3 Å². The lowest BCUT2D eigenvalue weighted by Crippen LogP contribution is -2.47. The fourth-order valence-electron chi connectivity index (χ4n) is 4.33. The van der Waals surface area contributed by atoms with E-state index >= 15 is 0 Å². The van der Waals surface area contributed by atoms with Crippen LogP contribution in [-0.2, 0) is 20.9 Å². The number of fused-ring (bicyclic) bond motifs is 1. The van der Waals surface area contributed by atoms with E-state index in [1.807, 2.05) is 0 Å². The lowest BCUT2D eigenvalue weighted by molar-refractivity contribution is -0.140. The first-order valence-corrected chi connectivity index (χ1v) is 13.9. The molecule has 218 valence electrons. The highest BCUT2D eigenvalue weighted by Gasteiger charge is 2.36. The van der Waals surface area contributed by atoms with Crippen molar-refractivity contribution in [2.45, 2.75) is 32.2 Å². The molecule has 0 aliphatic carbocycles. The molecule has 40 heavy (non-hydrogen) atoms. The average Bonchev–Trinajstić information content (AvgIpc) is 2.87. The largest absolute Gasteiger partial charge is 0.493 e. The van der Waals surface area contributed by atoms with Crippen LogP contribution in [0.1, 0.15) is 29.9 Å². The standard InChI is InChI=1S/C25H27F5N4O5S/c1-13(17-7-15(26)8-19(23(17)27)25(28,29)30)31-24-18-9-22(21(37-3)10-20(18)32-14(2)33-24)39-12-16-11-34(5-6-38-16)40(4,35)36/h7-10,13,16H,5-6,11-12H2,1-4H3,(H,31,32,33)/t13-,16-/m1/s1. The number of halogens is 5. The summed E-state index contributed by atoms with van der Waals surface area (Å²) in [6.07, 6.45) is -4.53. The number of anilines is 1. The van der Waals surface area contributed by atoms with E-state index < -0.39 is 51.1 Å². The van der Waals surface area contributed by atoms with Gasteiger partial charge in [0.25, 0.3) is 0 Å². The van der Waals surface area contributed by atoms with Gasteiger partial charge in [-0.3, -0.25) is 0 Å². The third kappa shape index (κ3) is 6.53. The summed E-state index contributed by atoms with van der Waals surface area (Å²) in [5.41, 5.74) is -1.86. The first-order valence-electron chi connectivity index (χ1n) is 12.1. The van der Waals surface area contributed by atoms with E-state index in [-0.39, 0.29) is 43.9 Å². The second-order valence-electron chi connectivity index (χ2n) is 9.28. The zero-order chi connectivity index (χ0) is 29.4. The second-order valence-corrected chi connectivity index (χ2v) is 11.3. The quantitative estimate of drug-likeness (QED) is 0.384. The van der Waals surface area contributed by atoms with Gasteiger partial charge in [0.2, 0.25) is 10.0 Å². The van der Waals surface area contributed by atoms with Gasteiger partial charge in [-0.05, 0) is 32.0 Å². The van der Waals surface area contributed by atoms with E-state index in [0.717, 1.165) is 6.26 Å². The lowest BCUT2D eigenvalue weighted by atomic mass is 10.0. The molecule has 4 rings (SSSR count). The third-order valence-corrected chi connectivity index (χ3v) is 7.55. The van der Waals surface area contributed by atoms with Crippen molar-refractivity contribution in [1.82, 2.24) is 14.3 Å². The summed E-state index contributed by atoms with van der Waals surface area (Å²) >= 11 is 0. The van der Waals surface area contributed by atoms with Crippen LogP contribution in [0.2, 0.25) is 0 Å². The SMILES string of the molecule is COc1cc2nc(C)nc(N[C@H](C)c3cc(F)cc(C(F)(F)F)c3F)c2cc1OC[C@H]1CN(S(C)(=O)=O)CCO1. The highest BCUT2D eigenvalue weighted by Crippen LogP contribution is 2.38. The number of aromatic nitrogens is 2. The van der Waals surface area contributed by atoms with Crippen molar-refractivity contribution in [3.8, 4) is 11.5 Å². The number of aryl methyl sites for hydroxylation is 1. The molecule has 0 saturated carbocycles. The normalized spacial score (nSPS) is 17.6. The van der Waals surface area contributed by atoms with Crippen molar-refractivity contribution in [2.75, 3.05) is 45.0 Å². The van der Waals surface area contributed by atoms with Gasteiger partial charge in [-0.25, -0.2) is 27.2 Å². The average molecular weight is 591 g/mol. The summed E-state index contributed by atoms with van der Waals surface area (Å²) in [6, 6.07) is 2.77. The van der Waals surface area contributed by atoms with Gasteiger partial charge in [-0.2, -0.15) is 17.5 Å². The maximum Gasteiger partial charge on any atom is 0.419 e. The number of nitrogens with one attached hydrogen (secondary N) is 1. The van der Waals surface area contributed by atoms with E-state index in [4.69, 9.17) is 14.2 Å². The Morgan fingerprint density at radius 1 is 1.18 bits per heavy atom. The first kappa shape index (κ1) is 29.7. The maximum atomic E-state index is 14.8.